The molecule has 3 nitrogen and oxygen atoms in total. The number of para-hydroxylation sites is 2. The molecular weight excluding hydrogens is 284 g/mol. The molecule has 23 heavy (non-hydrogen) atoms. The van der Waals surface area contributed by atoms with E-state index in [0.717, 1.165) is 42.9 Å². The van der Waals surface area contributed by atoms with Gasteiger partial charge in [-0.05, 0) is 37.1 Å². The topological polar surface area (TPSA) is 23.6 Å². The van der Waals surface area contributed by atoms with Crippen molar-refractivity contribution < 1.29 is 4.79 Å². The Morgan fingerprint density at radius 3 is 2.30 bits per heavy atom. The highest BCUT2D eigenvalue weighted by Gasteiger charge is 2.22. The van der Waals surface area contributed by atoms with Crippen molar-refractivity contribution in [2.45, 2.75) is 12.8 Å². The number of amides is 1. The van der Waals surface area contributed by atoms with Crippen LogP contribution < -0.4 is 4.90 Å². The molecule has 0 aromatic heterocycles. The van der Waals surface area contributed by atoms with Crippen LogP contribution in [0, 0.1) is 0 Å². The molecule has 0 unspecified atom stereocenters. The van der Waals surface area contributed by atoms with Crippen molar-refractivity contribution in [2.24, 2.45) is 0 Å². The van der Waals surface area contributed by atoms with Crippen molar-refractivity contribution in [2.75, 3.05) is 25.0 Å². The predicted octanol–water partition coefficient (Wildman–Crippen LogP) is 4.25. The molecule has 0 N–H and O–H groups in total. The summed E-state index contributed by atoms with van der Waals surface area (Å²) in [4.78, 5) is 16.9. The lowest BCUT2D eigenvalue weighted by Gasteiger charge is -2.30. The second kappa shape index (κ2) is 6.69. The van der Waals surface area contributed by atoms with Gasteiger partial charge in [0.25, 0.3) is 5.91 Å². The van der Waals surface area contributed by atoms with Gasteiger partial charge >= 0.3 is 0 Å². The van der Waals surface area contributed by atoms with Crippen LogP contribution in [-0.2, 0) is 0 Å². The molecule has 0 saturated carbocycles. The first-order valence-corrected chi connectivity index (χ1v) is 8.00. The van der Waals surface area contributed by atoms with Crippen molar-refractivity contribution in [3.8, 4) is 0 Å². The summed E-state index contributed by atoms with van der Waals surface area (Å²) in [6.07, 6.45) is 1.81. The molecule has 0 radical (unpaired) electrons. The highest BCUT2D eigenvalue weighted by atomic mass is 16.2. The Kier molecular flexibility index (Phi) is 4.47. The first-order chi connectivity index (χ1) is 11.2. The zero-order valence-corrected chi connectivity index (χ0v) is 13.5. The molecule has 1 saturated heterocycles. The standard InChI is InChI=1S/C20H22N2O/c1-16-12-14-22(15-13-16)20(23)18-10-6-7-11-19(18)21(2)17-8-4-3-5-9-17/h3-11H,1,12-15H2,2H3. The van der Waals surface area contributed by atoms with Gasteiger partial charge in [-0.3, -0.25) is 4.79 Å². The molecule has 1 aliphatic rings. The maximum Gasteiger partial charge on any atom is 0.255 e. The number of piperidine rings is 1. The zero-order valence-electron chi connectivity index (χ0n) is 13.5. The van der Waals surface area contributed by atoms with Gasteiger partial charge in [0.15, 0.2) is 0 Å². The minimum atomic E-state index is 0.107. The molecule has 118 valence electrons. The molecule has 1 amide bonds. The van der Waals surface area contributed by atoms with E-state index in [1.54, 1.807) is 0 Å². The predicted molar refractivity (Wildman–Crippen MR) is 95.2 cm³/mol. The SMILES string of the molecule is C=C1CCN(C(=O)c2ccccc2N(C)c2ccccc2)CC1. The average Bonchev–Trinajstić information content (AvgIpc) is 2.62. The summed E-state index contributed by atoms with van der Waals surface area (Å²) in [5.41, 5.74) is 4.00. The van der Waals surface area contributed by atoms with Crippen LogP contribution in [0.4, 0.5) is 11.4 Å². The second-order valence-corrected chi connectivity index (χ2v) is 5.95. The summed E-state index contributed by atoms with van der Waals surface area (Å²) in [7, 11) is 2.00. The van der Waals surface area contributed by atoms with E-state index in [0.29, 0.717) is 0 Å². The maximum atomic E-state index is 12.9. The third-order valence-electron chi connectivity index (χ3n) is 4.40. The molecule has 3 rings (SSSR count). The Morgan fingerprint density at radius 2 is 1.61 bits per heavy atom. The molecule has 1 heterocycles. The van der Waals surface area contributed by atoms with Crippen LogP contribution in [0.3, 0.4) is 0 Å². The fraction of sp³-hybridized carbons (Fsp3) is 0.250. The van der Waals surface area contributed by atoms with Gasteiger partial charge in [-0.15, -0.1) is 0 Å². The van der Waals surface area contributed by atoms with Crippen LogP contribution in [0.2, 0.25) is 0 Å². The largest absolute Gasteiger partial charge is 0.344 e. The summed E-state index contributed by atoms with van der Waals surface area (Å²) in [6, 6.07) is 17.9. The number of carbonyl (C=O) groups is 1. The van der Waals surface area contributed by atoms with E-state index in [-0.39, 0.29) is 5.91 Å². The number of hydrogen-bond acceptors (Lipinski definition) is 2. The number of carbonyl (C=O) groups excluding carboxylic acids is 1. The summed E-state index contributed by atoms with van der Waals surface area (Å²) in [6.45, 7) is 5.55. The molecule has 0 spiro atoms. The van der Waals surface area contributed by atoms with Crippen molar-refractivity contribution >= 4 is 17.3 Å². The molecule has 2 aromatic rings. The van der Waals surface area contributed by atoms with Gasteiger partial charge in [0, 0.05) is 25.8 Å². The van der Waals surface area contributed by atoms with Crippen LogP contribution >= 0.6 is 0 Å². The third-order valence-corrected chi connectivity index (χ3v) is 4.40. The molecule has 1 aliphatic heterocycles. The number of rotatable bonds is 3. The molecular formula is C20H22N2O. The van der Waals surface area contributed by atoms with Gasteiger partial charge in [0.05, 0.1) is 11.3 Å². The molecule has 0 aliphatic carbocycles. The second-order valence-electron chi connectivity index (χ2n) is 5.95. The van der Waals surface area contributed by atoms with Gasteiger partial charge in [0.2, 0.25) is 0 Å². The van der Waals surface area contributed by atoms with E-state index in [4.69, 9.17) is 0 Å². The van der Waals surface area contributed by atoms with Crippen LogP contribution in [0.25, 0.3) is 0 Å². The fourth-order valence-corrected chi connectivity index (χ4v) is 2.93. The lowest BCUT2D eigenvalue weighted by atomic mass is 10.0. The van der Waals surface area contributed by atoms with Crippen LogP contribution in [0.15, 0.2) is 66.7 Å². The fourth-order valence-electron chi connectivity index (χ4n) is 2.93. The molecule has 2 aromatic carbocycles. The molecule has 1 fully saturated rings. The first-order valence-electron chi connectivity index (χ1n) is 8.00. The lowest BCUT2D eigenvalue weighted by Crippen LogP contribution is -2.36. The minimum Gasteiger partial charge on any atom is -0.344 e. The Labute approximate surface area is 137 Å². The van der Waals surface area contributed by atoms with E-state index in [1.165, 1.54) is 5.57 Å². The van der Waals surface area contributed by atoms with E-state index in [9.17, 15) is 4.79 Å². The Bertz CT molecular complexity index is 699. The van der Waals surface area contributed by atoms with E-state index in [1.807, 2.05) is 66.5 Å². The van der Waals surface area contributed by atoms with E-state index >= 15 is 0 Å². The molecule has 0 bridgehead atoms. The van der Waals surface area contributed by atoms with Crippen molar-refractivity contribution in [3.63, 3.8) is 0 Å². The van der Waals surface area contributed by atoms with Crippen LogP contribution in [-0.4, -0.2) is 30.9 Å². The van der Waals surface area contributed by atoms with Crippen molar-refractivity contribution in [1.82, 2.24) is 4.90 Å². The molecule has 0 atom stereocenters. The van der Waals surface area contributed by atoms with Gasteiger partial charge in [-0.2, -0.15) is 0 Å². The minimum absolute atomic E-state index is 0.107. The quantitative estimate of drug-likeness (QED) is 0.792. The Morgan fingerprint density at radius 1 is 1.00 bits per heavy atom. The van der Waals surface area contributed by atoms with Crippen LogP contribution in [0.1, 0.15) is 23.2 Å². The Balaban J connectivity index is 1.89. The number of anilines is 2. The zero-order chi connectivity index (χ0) is 16.2. The molecule has 3 heteroatoms. The van der Waals surface area contributed by atoms with Gasteiger partial charge in [0.1, 0.15) is 0 Å². The third kappa shape index (κ3) is 3.29. The van der Waals surface area contributed by atoms with Crippen LogP contribution in [0.5, 0.6) is 0 Å². The monoisotopic (exact) mass is 306 g/mol. The summed E-state index contributed by atoms with van der Waals surface area (Å²) in [5.74, 6) is 0.107. The van der Waals surface area contributed by atoms with Crippen molar-refractivity contribution in [3.05, 3.63) is 72.3 Å². The highest BCUT2D eigenvalue weighted by molar-refractivity contribution is 6.00. The number of likely N-dealkylation sites (tertiary alicyclic amines) is 1. The highest BCUT2D eigenvalue weighted by Crippen LogP contribution is 2.28. The average molecular weight is 306 g/mol. The van der Waals surface area contributed by atoms with E-state index < -0.39 is 0 Å². The number of benzene rings is 2. The normalized spacial score (nSPS) is 14.7. The van der Waals surface area contributed by atoms with Gasteiger partial charge in [-0.1, -0.05) is 42.5 Å². The lowest BCUT2D eigenvalue weighted by molar-refractivity contribution is 0.0744. The van der Waals surface area contributed by atoms with Crippen molar-refractivity contribution in [1.29, 1.82) is 0 Å². The number of nitrogens with zero attached hydrogens (tertiary/aromatic N) is 2. The first kappa shape index (κ1) is 15.3. The summed E-state index contributed by atoms with van der Waals surface area (Å²) < 4.78 is 0. The maximum absolute atomic E-state index is 12.9. The van der Waals surface area contributed by atoms with E-state index in [2.05, 4.69) is 11.5 Å². The number of hydrogen-bond donors (Lipinski definition) is 0. The van der Waals surface area contributed by atoms with Gasteiger partial charge in [-0.25, -0.2) is 0 Å². The smallest absolute Gasteiger partial charge is 0.255 e. The Hall–Kier alpha value is -2.55. The summed E-state index contributed by atoms with van der Waals surface area (Å²) in [5, 5.41) is 0. The van der Waals surface area contributed by atoms with Gasteiger partial charge < -0.3 is 9.80 Å². The summed E-state index contributed by atoms with van der Waals surface area (Å²) >= 11 is 0.